The highest BCUT2D eigenvalue weighted by atomic mass is 127. The zero-order valence-electron chi connectivity index (χ0n) is 9.80. The highest BCUT2D eigenvalue weighted by molar-refractivity contribution is 14.1. The van der Waals surface area contributed by atoms with E-state index in [9.17, 15) is 0 Å². The fraction of sp³-hybridized carbons (Fsp3) is 0.200. The largest absolute Gasteiger partial charge is 0.485 e. The minimum absolute atomic E-state index is 0.0110. The molecule has 0 radical (unpaired) electrons. The number of halogens is 1. The highest BCUT2D eigenvalue weighted by Gasteiger charge is 2.21. The third-order valence-corrected chi connectivity index (χ3v) is 3.90. The van der Waals surface area contributed by atoms with Crippen molar-refractivity contribution in [2.75, 3.05) is 6.61 Å². The molecule has 2 aromatic rings. The molecule has 0 spiro atoms. The van der Waals surface area contributed by atoms with Crippen LogP contribution in [0.4, 0.5) is 0 Å². The predicted octanol–water partition coefficient (Wildman–Crippen LogP) is 4.13. The normalized spacial score (nSPS) is 17.5. The van der Waals surface area contributed by atoms with Crippen LogP contribution in [0.25, 0.3) is 0 Å². The average molecular weight is 352 g/mol. The Bertz CT molecular complexity index is 536. The van der Waals surface area contributed by atoms with Crippen LogP contribution < -0.4 is 9.47 Å². The Morgan fingerprint density at radius 2 is 1.72 bits per heavy atom. The van der Waals surface area contributed by atoms with Crippen LogP contribution in [0.2, 0.25) is 0 Å². The smallest absolute Gasteiger partial charge is 0.162 e. The maximum atomic E-state index is 5.96. The Balaban J connectivity index is 1.82. The molecule has 0 fully saturated rings. The minimum atomic E-state index is -0.0110. The summed E-state index contributed by atoms with van der Waals surface area (Å²) in [6.45, 7) is 0.570. The van der Waals surface area contributed by atoms with Gasteiger partial charge in [0.25, 0.3) is 0 Å². The van der Waals surface area contributed by atoms with Gasteiger partial charge < -0.3 is 9.47 Å². The molecule has 0 saturated carbocycles. The van der Waals surface area contributed by atoms with Crippen LogP contribution in [-0.2, 0) is 4.43 Å². The first-order valence-corrected chi connectivity index (χ1v) is 7.42. The molecule has 18 heavy (non-hydrogen) atoms. The molecular formula is C15H13IO2. The first-order chi connectivity index (χ1) is 8.86. The number of para-hydroxylation sites is 2. The molecule has 0 bridgehead atoms. The van der Waals surface area contributed by atoms with Crippen LogP contribution in [-0.4, -0.2) is 6.61 Å². The zero-order valence-corrected chi connectivity index (χ0v) is 12.0. The molecule has 0 unspecified atom stereocenters. The molecule has 0 saturated heterocycles. The lowest BCUT2D eigenvalue weighted by atomic mass is 10.1. The monoisotopic (exact) mass is 352 g/mol. The summed E-state index contributed by atoms with van der Waals surface area (Å²) in [5.41, 5.74) is 2.49. The third-order valence-electron chi connectivity index (χ3n) is 3.01. The van der Waals surface area contributed by atoms with Crippen LogP contribution in [0.5, 0.6) is 11.5 Å². The zero-order chi connectivity index (χ0) is 12.4. The molecule has 0 aromatic heterocycles. The number of ether oxygens (including phenoxy) is 2. The Labute approximate surface area is 120 Å². The SMILES string of the molecule is ICc1ccc([C@H]2COc3ccccc3O2)cc1. The van der Waals surface area contributed by atoms with Crippen LogP contribution in [0.3, 0.4) is 0 Å². The molecule has 0 N–H and O–H groups in total. The summed E-state index contributed by atoms with van der Waals surface area (Å²) in [4.78, 5) is 0. The fourth-order valence-corrected chi connectivity index (χ4v) is 2.51. The number of benzene rings is 2. The van der Waals surface area contributed by atoms with Gasteiger partial charge in [0.1, 0.15) is 6.61 Å². The van der Waals surface area contributed by atoms with Crippen molar-refractivity contribution in [1.29, 1.82) is 0 Å². The van der Waals surface area contributed by atoms with Gasteiger partial charge in [0.2, 0.25) is 0 Å². The first-order valence-electron chi connectivity index (χ1n) is 5.90. The molecular weight excluding hydrogens is 339 g/mol. The lowest BCUT2D eigenvalue weighted by molar-refractivity contribution is 0.0913. The van der Waals surface area contributed by atoms with Gasteiger partial charge in [-0.15, -0.1) is 0 Å². The number of rotatable bonds is 2. The number of alkyl halides is 1. The van der Waals surface area contributed by atoms with Gasteiger partial charge in [-0.1, -0.05) is 59.0 Å². The second-order valence-electron chi connectivity index (χ2n) is 4.24. The van der Waals surface area contributed by atoms with Gasteiger partial charge in [-0.3, -0.25) is 0 Å². The second-order valence-corrected chi connectivity index (χ2v) is 5.00. The Hall–Kier alpha value is -1.23. The summed E-state index contributed by atoms with van der Waals surface area (Å²) in [6, 6.07) is 16.3. The number of hydrogen-bond acceptors (Lipinski definition) is 2. The Kier molecular flexibility index (Phi) is 3.41. The maximum Gasteiger partial charge on any atom is 0.162 e. The number of fused-ring (bicyclic) bond motifs is 1. The van der Waals surface area contributed by atoms with Crippen molar-refractivity contribution in [2.45, 2.75) is 10.5 Å². The maximum absolute atomic E-state index is 5.96. The summed E-state index contributed by atoms with van der Waals surface area (Å²) in [6.07, 6.45) is -0.0110. The third kappa shape index (κ3) is 2.32. The van der Waals surface area contributed by atoms with Gasteiger partial charge in [-0.2, -0.15) is 0 Å². The summed E-state index contributed by atoms with van der Waals surface area (Å²) >= 11 is 2.36. The van der Waals surface area contributed by atoms with Gasteiger partial charge >= 0.3 is 0 Å². The van der Waals surface area contributed by atoms with Crippen molar-refractivity contribution in [3.63, 3.8) is 0 Å². The molecule has 0 aliphatic carbocycles. The first kappa shape index (κ1) is 11.8. The van der Waals surface area contributed by atoms with Crippen molar-refractivity contribution < 1.29 is 9.47 Å². The van der Waals surface area contributed by atoms with E-state index in [1.54, 1.807) is 0 Å². The van der Waals surface area contributed by atoms with E-state index in [1.165, 1.54) is 5.56 Å². The Morgan fingerprint density at radius 1 is 1.00 bits per heavy atom. The van der Waals surface area contributed by atoms with Crippen LogP contribution >= 0.6 is 22.6 Å². The standard InChI is InChI=1S/C15H13IO2/c16-9-11-5-7-12(8-6-11)15-10-17-13-3-1-2-4-14(13)18-15/h1-8,15H,9-10H2/t15-/m1/s1. The van der Waals surface area contributed by atoms with E-state index in [-0.39, 0.29) is 6.10 Å². The molecule has 1 heterocycles. The van der Waals surface area contributed by atoms with Gasteiger partial charge in [0.05, 0.1) is 0 Å². The van der Waals surface area contributed by atoms with Gasteiger partial charge in [-0.25, -0.2) is 0 Å². The average Bonchev–Trinajstić information content (AvgIpc) is 2.47. The highest BCUT2D eigenvalue weighted by Crippen LogP contribution is 2.35. The van der Waals surface area contributed by atoms with Crippen molar-refractivity contribution in [3.05, 3.63) is 59.7 Å². The van der Waals surface area contributed by atoms with E-state index >= 15 is 0 Å². The van der Waals surface area contributed by atoms with E-state index in [0.717, 1.165) is 21.5 Å². The summed E-state index contributed by atoms with van der Waals surface area (Å²) in [5.74, 6) is 1.66. The van der Waals surface area contributed by atoms with Crippen molar-refractivity contribution >= 4 is 22.6 Å². The molecule has 1 aliphatic rings. The molecule has 0 amide bonds. The van der Waals surface area contributed by atoms with E-state index in [4.69, 9.17) is 9.47 Å². The van der Waals surface area contributed by atoms with E-state index in [2.05, 4.69) is 46.9 Å². The summed E-state index contributed by atoms with van der Waals surface area (Å²) in [5, 5.41) is 0. The van der Waals surface area contributed by atoms with Crippen molar-refractivity contribution in [3.8, 4) is 11.5 Å². The lowest BCUT2D eigenvalue weighted by Crippen LogP contribution is -2.21. The summed E-state index contributed by atoms with van der Waals surface area (Å²) < 4.78 is 12.7. The summed E-state index contributed by atoms with van der Waals surface area (Å²) in [7, 11) is 0. The van der Waals surface area contributed by atoms with E-state index in [1.807, 2.05) is 24.3 Å². The molecule has 2 aromatic carbocycles. The number of hydrogen-bond donors (Lipinski definition) is 0. The minimum Gasteiger partial charge on any atom is -0.485 e. The van der Waals surface area contributed by atoms with Gasteiger partial charge in [0, 0.05) is 4.43 Å². The van der Waals surface area contributed by atoms with Crippen LogP contribution in [0.1, 0.15) is 17.2 Å². The quantitative estimate of drug-likeness (QED) is 0.598. The lowest BCUT2D eigenvalue weighted by Gasteiger charge is -2.26. The molecule has 3 heteroatoms. The molecule has 1 atom stereocenters. The Morgan fingerprint density at radius 3 is 2.44 bits per heavy atom. The van der Waals surface area contributed by atoms with Crippen LogP contribution in [0, 0.1) is 0 Å². The molecule has 92 valence electrons. The van der Waals surface area contributed by atoms with Crippen molar-refractivity contribution in [2.24, 2.45) is 0 Å². The predicted molar refractivity (Wildman–Crippen MR) is 79.5 cm³/mol. The second kappa shape index (κ2) is 5.18. The molecule has 2 nitrogen and oxygen atoms in total. The molecule has 1 aliphatic heterocycles. The van der Waals surface area contributed by atoms with Crippen LogP contribution in [0.15, 0.2) is 48.5 Å². The van der Waals surface area contributed by atoms with Gasteiger partial charge in [-0.05, 0) is 23.3 Å². The van der Waals surface area contributed by atoms with Gasteiger partial charge in [0.15, 0.2) is 17.6 Å². The molecule has 3 rings (SSSR count). The van der Waals surface area contributed by atoms with E-state index in [0.29, 0.717) is 6.61 Å². The topological polar surface area (TPSA) is 18.5 Å². The van der Waals surface area contributed by atoms with E-state index < -0.39 is 0 Å². The van der Waals surface area contributed by atoms with Crippen molar-refractivity contribution in [1.82, 2.24) is 0 Å². The fourth-order valence-electron chi connectivity index (χ4n) is 2.01.